The largest absolute Gasteiger partial charge is 0.399 e. The molecular formula is C51H33N3. The molecule has 11 rings (SSSR count). The van der Waals surface area contributed by atoms with Crippen LogP contribution in [0.2, 0.25) is 0 Å². The maximum absolute atomic E-state index is 6.14. The lowest BCUT2D eigenvalue weighted by Gasteiger charge is -2.18. The minimum absolute atomic E-state index is 0.777. The van der Waals surface area contributed by atoms with Crippen LogP contribution in [0, 0.1) is 0 Å². The van der Waals surface area contributed by atoms with Crippen molar-refractivity contribution in [3.8, 4) is 39.3 Å². The Morgan fingerprint density at radius 1 is 0.370 bits per heavy atom. The van der Waals surface area contributed by atoms with E-state index in [2.05, 4.69) is 180 Å². The van der Waals surface area contributed by atoms with Gasteiger partial charge in [-0.1, -0.05) is 152 Å². The highest BCUT2D eigenvalue weighted by Crippen LogP contribution is 2.45. The van der Waals surface area contributed by atoms with Crippen molar-refractivity contribution in [2.24, 2.45) is 0 Å². The smallest absolute Gasteiger partial charge is 0.145 e. The molecule has 0 atom stereocenters. The van der Waals surface area contributed by atoms with Crippen molar-refractivity contribution < 1.29 is 0 Å². The van der Waals surface area contributed by atoms with E-state index >= 15 is 0 Å². The van der Waals surface area contributed by atoms with Gasteiger partial charge in [0.2, 0.25) is 0 Å². The van der Waals surface area contributed by atoms with Crippen molar-refractivity contribution in [1.29, 1.82) is 0 Å². The van der Waals surface area contributed by atoms with Gasteiger partial charge in [-0.05, 0) is 102 Å². The molecule has 0 fully saturated rings. The molecule has 10 aromatic carbocycles. The Morgan fingerprint density at radius 3 is 1.54 bits per heavy atom. The van der Waals surface area contributed by atoms with Crippen molar-refractivity contribution in [2.45, 2.75) is 0 Å². The van der Waals surface area contributed by atoms with E-state index in [-0.39, 0.29) is 0 Å². The lowest BCUT2D eigenvalue weighted by Crippen LogP contribution is -1.98. The van der Waals surface area contributed by atoms with E-state index in [0.717, 1.165) is 50.1 Å². The Labute approximate surface area is 312 Å². The number of hydrogen-bond donors (Lipinski definition) is 1. The fourth-order valence-electron chi connectivity index (χ4n) is 8.71. The molecule has 0 unspecified atom stereocenters. The monoisotopic (exact) mass is 687 g/mol. The number of nitrogens with zero attached hydrogens (tertiary/aromatic N) is 2. The highest BCUT2D eigenvalue weighted by atomic mass is 15.1. The molecule has 0 amide bonds. The van der Waals surface area contributed by atoms with Crippen LogP contribution in [-0.2, 0) is 0 Å². The van der Waals surface area contributed by atoms with E-state index in [0.29, 0.717) is 0 Å². The second kappa shape index (κ2) is 11.9. The summed E-state index contributed by atoms with van der Waals surface area (Å²) in [7, 11) is 0. The van der Waals surface area contributed by atoms with Crippen LogP contribution in [0.3, 0.4) is 0 Å². The summed E-state index contributed by atoms with van der Waals surface area (Å²) in [4.78, 5) is 5.54. The summed E-state index contributed by atoms with van der Waals surface area (Å²) in [5, 5.41) is 12.0. The van der Waals surface area contributed by atoms with Crippen LogP contribution in [0.4, 0.5) is 5.69 Å². The van der Waals surface area contributed by atoms with E-state index in [9.17, 15) is 0 Å². The molecule has 0 saturated carbocycles. The lowest BCUT2D eigenvalue weighted by atomic mass is 9.85. The van der Waals surface area contributed by atoms with Gasteiger partial charge in [-0.3, -0.25) is 4.57 Å². The van der Waals surface area contributed by atoms with E-state index in [4.69, 9.17) is 10.7 Å². The third-order valence-corrected chi connectivity index (χ3v) is 11.0. The minimum atomic E-state index is 0.777. The average molecular weight is 688 g/mol. The molecule has 0 aliphatic heterocycles. The van der Waals surface area contributed by atoms with Crippen LogP contribution in [0.1, 0.15) is 0 Å². The maximum atomic E-state index is 6.14. The molecule has 0 aliphatic rings. The zero-order valence-corrected chi connectivity index (χ0v) is 29.4. The second-order valence-corrected chi connectivity index (χ2v) is 14.1. The number of anilines is 1. The van der Waals surface area contributed by atoms with Gasteiger partial charge in [0.1, 0.15) is 5.82 Å². The Balaban J connectivity index is 1.19. The number of hydrogen-bond acceptors (Lipinski definition) is 2. The van der Waals surface area contributed by atoms with Gasteiger partial charge in [-0.25, -0.2) is 4.98 Å². The number of aromatic nitrogens is 2. The van der Waals surface area contributed by atoms with Crippen molar-refractivity contribution in [3.05, 3.63) is 188 Å². The first kappa shape index (κ1) is 30.4. The van der Waals surface area contributed by atoms with Crippen LogP contribution in [-0.4, -0.2) is 9.55 Å². The predicted molar refractivity (Wildman–Crippen MR) is 229 cm³/mol. The van der Waals surface area contributed by atoms with E-state index in [1.807, 2.05) is 12.1 Å². The van der Waals surface area contributed by atoms with Gasteiger partial charge in [0.05, 0.1) is 11.0 Å². The normalized spacial score (nSPS) is 11.8. The summed E-state index contributed by atoms with van der Waals surface area (Å²) < 4.78 is 2.36. The van der Waals surface area contributed by atoms with Crippen molar-refractivity contribution >= 4 is 70.6 Å². The number of benzene rings is 10. The van der Waals surface area contributed by atoms with Gasteiger partial charge in [0.15, 0.2) is 0 Å². The summed E-state index contributed by atoms with van der Waals surface area (Å²) in [6.45, 7) is 0. The van der Waals surface area contributed by atoms with E-state index < -0.39 is 0 Å². The van der Waals surface area contributed by atoms with Crippen LogP contribution in [0.5, 0.6) is 0 Å². The van der Waals surface area contributed by atoms with Gasteiger partial charge in [0.25, 0.3) is 0 Å². The molecule has 54 heavy (non-hydrogen) atoms. The third kappa shape index (κ3) is 4.59. The molecule has 252 valence electrons. The van der Waals surface area contributed by atoms with Crippen LogP contribution < -0.4 is 5.73 Å². The molecule has 3 heteroatoms. The molecule has 1 heterocycles. The third-order valence-electron chi connectivity index (χ3n) is 11.0. The van der Waals surface area contributed by atoms with Gasteiger partial charge < -0.3 is 5.73 Å². The number of fused-ring (bicyclic) bond motifs is 9. The quantitative estimate of drug-likeness (QED) is 0.114. The molecule has 0 bridgehead atoms. The molecule has 0 radical (unpaired) electrons. The van der Waals surface area contributed by atoms with Gasteiger partial charge in [-0.2, -0.15) is 0 Å². The minimum Gasteiger partial charge on any atom is -0.399 e. The summed E-state index contributed by atoms with van der Waals surface area (Å²) in [6, 6.07) is 67.5. The SMILES string of the molecule is Nc1ccc2cc(-c3c4ccccc4c(-c4cccc(-c5nc6c7ccccc7c7ccccc7c6n5-c5ccccc5)c4)c4ccccc34)ccc2c1. The fourth-order valence-corrected chi connectivity index (χ4v) is 8.71. The summed E-state index contributed by atoms with van der Waals surface area (Å²) in [5.74, 6) is 0.918. The maximum Gasteiger partial charge on any atom is 0.145 e. The van der Waals surface area contributed by atoms with Crippen molar-refractivity contribution in [2.75, 3.05) is 5.73 Å². The zero-order chi connectivity index (χ0) is 35.8. The molecule has 2 N–H and O–H groups in total. The molecular weight excluding hydrogens is 655 g/mol. The first-order valence-electron chi connectivity index (χ1n) is 18.4. The highest BCUT2D eigenvalue weighted by molar-refractivity contribution is 6.25. The Bertz CT molecular complexity index is 3230. The Kier molecular flexibility index (Phi) is 6.70. The molecule has 0 aliphatic carbocycles. The van der Waals surface area contributed by atoms with E-state index in [1.54, 1.807) is 0 Å². The highest BCUT2D eigenvalue weighted by Gasteiger charge is 2.22. The molecule has 0 saturated heterocycles. The summed E-state index contributed by atoms with van der Waals surface area (Å²) in [6.07, 6.45) is 0. The second-order valence-electron chi connectivity index (χ2n) is 14.1. The van der Waals surface area contributed by atoms with Crippen LogP contribution >= 0.6 is 0 Å². The van der Waals surface area contributed by atoms with Gasteiger partial charge in [-0.15, -0.1) is 0 Å². The fraction of sp³-hybridized carbons (Fsp3) is 0. The topological polar surface area (TPSA) is 43.8 Å². The Morgan fingerprint density at radius 2 is 0.870 bits per heavy atom. The van der Waals surface area contributed by atoms with Gasteiger partial charge >= 0.3 is 0 Å². The number of nitrogens with two attached hydrogens (primary N) is 1. The zero-order valence-electron chi connectivity index (χ0n) is 29.4. The number of para-hydroxylation sites is 1. The number of imidazole rings is 1. The van der Waals surface area contributed by atoms with Crippen LogP contribution in [0.25, 0.3) is 104 Å². The number of nitrogen functional groups attached to an aromatic ring is 1. The van der Waals surface area contributed by atoms with Crippen molar-refractivity contribution in [3.63, 3.8) is 0 Å². The standard InChI is InChI=1S/C51H33N3/c52-37-28-27-32-29-35(26-25-33(32)31-37)48-43-21-8-6-19-41(43)47(42-20-7-9-22-44(42)48)34-13-12-14-36(30-34)51-53-49-45-23-10-4-17-39(45)40-18-5-11-24-46(40)50(49)54(51)38-15-2-1-3-16-38/h1-31H,52H2. The Hall–Kier alpha value is -7.23. The first-order chi connectivity index (χ1) is 26.7. The average Bonchev–Trinajstić information content (AvgIpc) is 3.64. The summed E-state index contributed by atoms with van der Waals surface area (Å²) in [5.41, 5.74) is 16.0. The molecule has 3 nitrogen and oxygen atoms in total. The van der Waals surface area contributed by atoms with Crippen molar-refractivity contribution in [1.82, 2.24) is 9.55 Å². The molecule has 11 aromatic rings. The lowest BCUT2D eigenvalue weighted by molar-refractivity contribution is 1.11. The number of rotatable bonds is 4. The molecule has 0 spiro atoms. The first-order valence-corrected chi connectivity index (χ1v) is 18.4. The summed E-state index contributed by atoms with van der Waals surface area (Å²) >= 11 is 0. The van der Waals surface area contributed by atoms with Gasteiger partial charge in [0, 0.05) is 27.7 Å². The molecule has 1 aromatic heterocycles. The predicted octanol–water partition coefficient (Wildman–Crippen LogP) is 13.4. The van der Waals surface area contributed by atoms with Crippen LogP contribution in [0.15, 0.2) is 188 Å². The van der Waals surface area contributed by atoms with E-state index in [1.165, 1.54) is 59.8 Å².